The van der Waals surface area contributed by atoms with E-state index in [1.165, 1.54) is 40.4 Å². The monoisotopic (exact) mass is 1040 g/mol. The molecule has 5 heterocycles. The van der Waals surface area contributed by atoms with Crippen LogP contribution >= 0.6 is 23.4 Å². The number of anilines is 1. The minimum absolute atomic E-state index is 0.00213. The van der Waals surface area contributed by atoms with Crippen molar-refractivity contribution in [3.8, 4) is 0 Å². The Balaban J connectivity index is 0.969. The highest BCUT2D eigenvalue weighted by Gasteiger charge is 2.64. The Morgan fingerprint density at radius 1 is 1.00 bits per heavy atom. The SMILES string of the molecule is C/C1=C\C=C\C(C)C2(O)CC(OC(=O)N2)C(C)C2OC2(C)C(OC(=O)C(C)N(C)C(=O)CCSC2CC(=O)N(CC3CCC(C(=O)ON4C(=O)CCC4=O)CC3)C2=O)CC(=O)N(C)c2cc(cc(C)c2Cl)C1. The number of aryl methyl sites for hydroxylation is 1. The Labute approximate surface area is 428 Å². The van der Waals surface area contributed by atoms with Crippen LogP contribution in [0.1, 0.15) is 110 Å². The lowest BCUT2D eigenvalue weighted by Crippen LogP contribution is -2.60. The number of likely N-dealkylation sites (N-methyl/N-ethyl adjacent to an activating group) is 1. The van der Waals surface area contributed by atoms with Crippen molar-refractivity contribution < 1.29 is 67.3 Å². The molecular weight excluding hydrogens is 974 g/mol. The van der Waals surface area contributed by atoms with E-state index in [1.54, 1.807) is 27.8 Å². The number of thioether (sulfide) groups is 1. The largest absolute Gasteiger partial charge is 0.457 e. The van der Waals surface area contributed by atoms with Gasteiger partial charge in [0.2, 0.25) is 23.6 Å². The smallest absolute Gasteiger partial charge is 0.409 e. The van der Waals surface area contributed by atoms with Gasteiger partial charge in [0.05, 0.1) is 34.4 Å². The molecule has 0 radical (unpaired) electrons. The molecule has 392 valence electrons. The van der Waals surface area contributed by atoms with Gasteiger partial charge in [-0.15, -0.1) is 16.8 Å². The van der Waals surface area contributed by atoms with Gasteiger partial charge in [0.15, 0.2) is 0 Å². The van der Waals surface area contributed by atoms with Gasteiger partial charge in [0.1, 0.15) is 29.6 Å². The Morgan fingerprint density at radius 2 is 1.68 bits per heavy atom. The molecule has 7 amide bonds. The van der Waals surface area contributed by atoms with Crippen molar-refractivity contribution in [3.63, 3.8) is 0 Å². The molecule has 5 aliphatic heterocycles. The van der Waals surface area contributed by atoms with E-state index in [0.29, 0.717) is 47.9 Å². The summed E-state index contributed by atoms with van der Waals surface area (Å²) in [6, 6.07) is 2.66. The minimum atomic E-state index is -1.66. The Hall–Kier alpha value is -5.31. The maximum atomic E-state index is 14.3. The number of esters is 1. The summed E-state index contributed by atoms with van der Waals surface area (Å²) in [5.74, 6) is -5.53. The van der Waals surface area contributed by atoms with E-state index in [4.69, 9.17) is 30.6 Å². The molecule has 1 aliphatic carbocycles. The number of hydrogen-bond acceptors (Lipinski definition) is 15. The first kappa shape index (κ1) is 54.5. The maximum Gasteiger partial charge on any atom is 0.409 e. The van der Waals surface area contributed by atoms with Crippen molar-refractivity contribution in [1.29, 1.82) is 0 Å². The van der Waals surface area contributed by atoms with Gasteiger partial charge in [-0.25, -0.2) is 14.4 Å². The molecule has 1 saturated carbocycles. The molecule has 1 aromatic rings. The summed E-state index contributed by atoms with van der Waals surface area (Å²) in [7, 11) is 3.04. The second-order valence-electron chi connectivity index (χ2n) is 20.5. The highest BCUT2D eigenvalue weighted by molar-refractivity contribution is 8.00. The third-order valence-corrected chi connectivity index (χ3v) is 17.0. The number of alkyl carbamates (subject to hydrolysis) is 1. The van der Waals surface area contributed by atoms with Crippen LogP contribution in [-0.2, 0) is 63.8 Å². The van der Waals surface area contributed by atoms with Gasteiger partial charge in [-0.05, 0) is 82.9 Å². The van der Waals surface area contributed by atoms with Crippen LogP contribution in [-0.4, -0.2) is 141 Å². The number of halogens is 1. The number of carbonyl (C=O) groups is 9. The van der Waals surface area contributed by atoms with Crippen molar-refractivity contribution in [2.24, 2.45) is 23.7 Å². The number of rotatable bonds is 11. The third kappa shape index (κ3) is 11.9. The first-order chi connectivity index (χ1) is 33.9. The van der Waals surface area contributed by atoms with Crippen LogP contribution in [0.15, 0.2) is 35.9 Å². The van der Waals surface area contributed by atoms with Crippen LogP contribution in [0.4, 0.5) is 10.5 Å². The average Bonchev–Trinajstić information content (AvgIpc) is 3.84. The van der Waals surface area contributed by atoms with E-state index < -0.39 is 100 Å². The highest BCUT2D eigenvalue weighted by atomic mass is 35.5. The van der Waals surface area contributed by atoms with Crippen LogP contribution in [0.2, 0.25) is 5.02 Å². The quantitative estimate of drug-likeness (QED) is 0.167. The molecule has 4 saturated heterocycles. The number of ether oxygens (including phenoxy) is 3. The number of fused-ring (bicyclic) bond motifs is 5. The number of nitrogens with zero attached hydrogens (tertiary/aromatic N) is 4. The fraction of sp³-hybridized carbons (Fsp3) is 0.627. The molecule has 1 aromatic carbocycles. The predicted molar refractivity (Wildman–Crippen MR) is 262 cm³/mol. The number of amides is 7. The average molecular weight is 1040 g/mol. The number of epoxide rings is 1. The van der Waals surface area contributed by atoms with Crippen LogP contribution in [0.25, 0.3) is 0 Å². The van der Waals surface area contributed by atoms with Crippen LogP contribution in [0.3, 0.4) is 0 Å². The first-order valence-corrected chi connectivity index (χ1v) is 26.1. The number of hydroxylamine groups is 2. The molecule has 7 rings (SSSR count). The lowest BCUT2D eigenvalue weighted by atomic mass is 9.82. The van der Waals surface area contributed by atoms with E-state index in [-0.39, 0.29) is 68.6 Å². The first-order valence-electron chi connectivity index (χ1n) is 24.7. The van der Waals surface area contributed by atoms with Gasteiger partial charge in [-0.2, -0.15) is 0 Å². The van der Waals surface area contributed by atoms with Crippen LogP contribution < -0.4 is 10.2 Å². The summed E-state index contributed by atoms with van der Waals surface area (Å²) in [5, 5.41) is 14.6. The number of carbonyl (C=O) groups excluding carboxylic acids is 9. The zero-order chi connectivity index (χ0) is 52.6. The van der Waals surface area contributed by atoms with Gasteiger partial charge in [0.25, 0.3) is 11.8 Å². The standard InChI is InChI=1S/C51H66ClN5O14S/c1-27-10-9-11-29(3)51(67)25-36(68-49(66)53-51)30(4)45-50(6,70-45)38(24-42(61)55(8)35-22-33(20-27)21-28(2)44(35)52)69-47(64)31(5)54(7)39(58)18-19-72-37-23-43(62)56(46(37)63)26-32-12-14-34(15-13-32)48(65)71-57-40(59)16-17-41(57)60/h9-11,21-22,29-32,34,36-38,45,67H,12-20,23-26H2,1-8H3,(H,53,66)/b11-9+,27-10+. The highest BCUT2D eigenvalue weighted by Crippen LogP contribution is 2.49. The molecule has 0 spiro atoms. The van der Waals surface area contributed by atoms with Crippen molar-refractivity contribution in [1.82, 2.24) is 20.2 Å². The molecule has 5 fully saturated rings. The fourth-order valence-electron chi connectivity index (χ4n) is 10.3. The molecule has 21 heteroatoms. The molecule has 9 unspecified atom stereocenters. The lowest BCUT2D eigenvalue weighted by molar-refractivity contribution is -0.201. The van der Waals surface area contributed by atoms with Crippen molar-refractivity contribution in [2.45, 2.75) is 153 Å². The Bertz CT molecular complexity index is 2430. The van der Waals surface area contributed by atoms with Gasteiger partial charge >= 0.3 is 18.0 Å². The zero-order valence-electron chi connectivity index (χ0n) is 42.1. The van der Waals surface area contributed by atoms with Crippen molar-refractivity contribution in [3.05, 3.63) is 52.1 Å². The Morgan fingerprint density at radius 3 is 2.36 bits per heavy atom. The third-order valence-electron chi connectivity index (χ3n) is 15.3. The van der Waals surface area contributed by atoms with Crippen molar-refractivity contribution in [2.75, 3.05) is 31.3 Å². The summed E-state index contributed by atoms with van der Waals surface area (Å²) in [6.07, 6.45) is 4.08. The second-order valence-corrected chi connectivity index (χ2v) is 22.2. The minimum Gasteiger partial charge on any atom is -0.457 e. The molecule has 6 aliphatic rings. The zero-order valence-corrected chi connectivity index (χ0v) is 43.7. The number of allylic oxidation sites excluding steroid dienone is 3. The molecule has 2 N–H and O–H groups in total. The summed E-state index contributed by atoms with van der Waals surface area (Å²) >= 11 is 8.00. The van der Waals surface area contributed by atoms with Crippen LogP contribution in [0.5, 0.6) is 0 Å². The molecule has 4 bridgehead atoms. The summed E-state index contributed by atoms with van der Waals surface area (Å²) in [4.78, 5) is 127. The Kier molecular flexibility index (Phi) is 16.7. The topological polar surface area (TPSA) is 239 Å². The van der Waals surface area contributed by atoms with Gasteiger partial charge in [-0.3, -0.25) is 39.0 Å². The fourth-order valence-corrected chi connectivity index (χ4v) is 11.6. The lowest BCUT2D eigenvalue weighted by Gasteiger charge is -2.41. The van der Waals surface area contributed by atoms with E-state index >= 15 is 0 Å². The van der Waals surface area contributed by atoms with E-state index in [2.05, 4.69) is 5.32 Å². The summed E-state index contributed by atoms with van der Waals surface area (Å²) in [6.45, 7) is 10.8. The number of aliphatic hydroxyl groups is 1. The summed E-state index contributed by atoms with van der Waals surface area (Å²) in [5.41, 5.74) is 0.175. The van der Waals surface area contributed by atoms with E-state index in [0.717, 1.165) is 16.7 Å². The second kappa shape index (κ2) is 22.0. The molecule has 19 nitrogen and oxygen atoms in total. The van der Waals surface area contributed by atoms with Gasteiger partial charge in [0, 0.05) is 70.3 Å². The predicted octanol–water partition coefficient (Wildman–Crippen LogP) is 5.10. The molecule has 72 heavy (non-hydrogen) atoms. The molecule has 0 aromatic heterocycles. The number of nitrogens with one attached hydrogen (secondary N) is 1. The normalized spacial score (nSPS) is 32.8. The number of benzene rings is 1. The summed E-state index contributed by atoms with van der Waals surface area (Å²) < 4.78 is 18.2. The van der Waals surface area contributed by atoms with Crippen LogP contribution in [0, 0.1) is 30.6 Å². The number of hydrogen-bond donors (Lipinski definition) is 2. The maximum absolute atomic E-state index is 14.3. The molecule has 9 atom stereocenters. The number of imide groups is 2. The number of likely N-dealkylation sites (tertiary alicyclic amines) is 1. The molecular formula is C51H66ClN5O14S. The van der Waals surface area contributed by atoms with Crippen molar-refractivity contribution >= 4 is 82.5 Å². The van der Waals surface area contributed by atoms with Gasteiger partial charge < -0.3 is 34.0 Å². The van der Waals surface area contributed by atoms with E-state index in [9.17, 15) is 48.3 Å². The van der Waals surface area contributed by atoms with E-state index in [1.807, 2.05) is 44.2 Å². The van der Waals surface area contributed by atoms with Gasteiger partial charge in [-0.1, -0.05) is 55.3 Å².